The van der Waals surface area contributed by atoms with E-state index in [4.69, 9.17) is 0 Å². The maximum Gasteiger partial charge on any atom is 0.0526 e. The molecule has 0 heterocycles. The Hall–Kier alpha value is -0.860. The van der Waals surface area contributed by atoms with Crippen LogP contribution in [0.5, 0.6) is 0 Å². The predicted octanol–water partition coefficient (Wildman–Crippen LogP) is 3.42. The SMILES string of the molecule is Cc1cc(C)c(C(C)NC(C)CC(C)O)cc1C. The van der Waals surface area contributed by atoms with E-state index in [0.717, 1.165) is 6.42 Å². The highest BCUT2D eigenvalue weighted by atomic mass is 16.3. The molecule has 2 nitrogen and oxygen atoms in total. The van der Waals surface area contributed by atoms with Gasteiger partial charge in [0, 0.05) is 12.1 Å². The third-order valence-corrected chi connectivity index (χ3v) is 3.58. The van der Waals surface area contributed by atoms with Crippen molar-refractivity contribution in [2.75, 3.05) is 0 Å². The number of hydrogen-bond donors (Lipinski definition) is 2. The summed E-state index contributed by atoms with van der Waals surface area (Å²) in [6.07, 6.45) is 0.536. The van der Waals surface area contributed by atoms with Gasteiger partial charge in [-0.2, -0.15) is 0 Å². The van der Waals surface area contributed by atoms with Crippen molar-refractivity contribution in [1.82, 2.24) is 5.32 Å². The molecule has 0 amide bonds. The van der Waals surface area contributed by atoms with Crippen LogP contribution in [0, 0.1) is 20.8 Å². The van der Waals surface area contributed by atoms with Gasteiger partial charge in [0.25, 0.3) is 0 Å². The van der Waals surface area contributed by atoms with Gasteiger partial charge >= 0.3 is 0 Å². The summed E-state index contributed by atoms with van der Waals surface area (Å²) < 4.78 is 0. The van der Waals surface area contributed by atoms with E-state index < -0.39 is 0 Å². The molecule has 1 rings (SSSR count). The minimum absolute atomic E-state index is 0.249. The predicted molar refractivity (Wildman–Crippen MR) is 78.0 cm³/mol. The normalized spacial score (nSPS) is 16.4. The molecule has 18 heavy (non-hydrogen) atoms. The first kappa shape index (κ1) is 15.2. The van der Waals surface area contributed by atoms with Crippen molar-refractivity contribution >= 4 is 0 Å². The highest BCUT2D eigenvalue weighted by molar-refractivity contribution is 5.38. The van der Waals surface area contributed by atoms with Gasteiger partial charge in [-0.1, -0.05) is 12.1 Å². The van der Waals surface area contributed by atoms with E-state index in [2.05, 4.69) is 52.1 Å². The van der Waals surface area contributed by atoms with Crippen LogP contribution in [0.15, 0.2) is 12.1 Å². The zero-order valence-electron chi connectivity index (χ0n) is 12.5. The molecule has 0 aromatic heterocycles. The van der Waals surface area contributed by atoms with Crippen molar-refractivity contribution in [3.8, 4) is 0 Å². The fraction of sp³-hybridized carbons (Fsp3) is 0.625. The Labute approximate surface area is 111 Å². The average molecular weight is 249 g/mol. The van der Waals surface area contributed by atoms with Crippen LogP contribution >= 0.6 is 0 Å². The van der Waals surface area contributed by atoms with Crippen LogP contribution in [0.4, 0.5) is 0 Å². The van der Waals surface area contributed by atoms with E-state index in [0.29, 0.717) is 12.1 Å². The van der Waals surface area contributed by atoms with Gasteiger partial charge in [-0.15, -0.1) is 0 Å². The lowest BCUT2D eigenvalue weighted by Crippen LogP contribution is -2.31. The number of benzene rings is 1. The summed E-state index contributed by atoms with van der Waals surface area (Å²) in [5.74, 6) is 0. The number of aliphatic hydroxyl groups excluding tert-OH is 1. The van der Waals surface area contributed by atoms with Gasteiger partial charge in [0.2, 0.25) is 0 Å². The number of aliphatic hydroxyl groups is 1. The molecule has 0 saturated carbocycles. The molecule has 2 N–H and O–H groups in total. The molecule has 1 aromatic carbocycles. The number of hydrogen-bond acceptors (Lipinski definition) is 2. The van der Waals surface area contributed by atoms with Crippen LogP contribution in [-0.4, -0.2) is 17.3 Å². The van der Waals surface area contributed by atoms with Crippen LogP contribution in [-0.2, 0) is 0 Å². The topological polar surface area (TPSA) is 32.3 Å². The zero-order valence-corrected chi connectivity index (χ0v) is 12.5. The van der Waals surface area contributed by atoms with Gasteiger partial charge in [-0.05, 0) is 70.2 Å². The lowest BCUT2D eigenvalue weighted by molar-refractivity contribution is 0.168. The molecular weight excluding hydrogens is 222 g/mol. The fourth-order valence-corrected chi connectivity index (χ4v) is 2.55. The Kier molecular flexibility index (Phi) is 5.36. The first-order valence-corrected chi connectivity index (χ1v) is 6.83. The second kappa shape index (κ2) is 6.35. The van der Waals surface area contributed by atoms with Gasteiger partial charge in [0.15, 0.2) is 0 Å². The van der Waals surface area contributed by atoms with Gasteiger partial charge < -0.3 is 10.4 Å². The van der Waals surface area contributed by atoms with Crippen molar-refractivity contribution in [2.45, 2.75) is 66.2 Å². The lowest BCUT2D eigenvalue weighted by atomic mass is 9.96. The van der Waals surface area contributed by atoms with Crippen LogP contribution in [0.25, 0.3) is 0 Å². The summed E-state index contributed by atoms with van der Waals surface area (Å²) in [6, 6.07) is 5.17. The summed E-state index contributed by atoms with van der Waals surface area (Å²) in [7, 11) is 0. The Morgan fingerprint density at radius 2 is 1.56 bits per heavy atom. The van der Waals surface area contributed by atoms with E-state index in [9.17, 15) is 5.11 Å². The average Bonchev–Trinajstić information content (AvgIpc) is 2.21. The largest absolute Gasteiger partial charge is 0.393 e. The minimum atomic E-state index is -0.249. The quantitative estimate of drug-likeness (QED) is 0.838. The van der Waals surface area contributed by atoms with Crippen LogP contribution < -0.4 is 5.32 Å². The Bertz CT molecular complexity index is 398. The Balaban J connectivity index is 2.78. The minimum Gasteiger partial charge on any atom is -0.393 e. The molecule has 1 aromatic rings. The monoisotopic (exact) mass is 249 g/mol. The van der Waals surface area contributed by atoms with Gasteiger partial charge in [0.1, 0.15) is 0 Å². The summed E-state index contributed by atoms with van der Waals surface area (Å²) in [4.78, 5) is 0. The Morgan fingerprint density at radius 1 is 1.00 bits per heavy atom. The smallest absolute Gasteiger partial charge is 0.0526 e. The highest BCUT2D eigenvalue weighted by Crippen LogP contribution is 2.22. The fourth-order valence-electron chi connectivity index (χ4n) is 2.55. The van der Waals surface area contributed by atoms with E-state index in [-0.39, 0.29) is 6.10 Å². The molecule has 3 unspecified atom stereocenters. The third-order valence-electron chi connectivity index (χ3n) is 3.58. The zero-order chi connectivity index (χ0) is 13.9. The number of nitrogens with one attached hydrogen (secondary N) is 1. The standard InChI is InChI=1S/C16H27NO/c1-10-7-12(3)16(8-11(10)2)15(6)17-13(4)9-14(5)18/h7-8,13-15,17-18H,9H2,1-6H3. The van der Waals surface area contributed by atoms with E-state index in [1.54, 1.807) is 0 Å². The molecule has 0 saturated heterocycles. The summed E-state index contributed by atoms with van der Waals surface area (Å²) in [5, 5.41) is 13.0. The van der Waals surface area contributed by atoms with Crippen LogP contribution in [0.1, 0.15) is 55.5 Å². The van der Waals surface area contributed by atoms with E-state index in [1.165, 1.54) is 22.3 Å². The van der Waals surface area contributed by atoms with Gasteiger partial charge in [-0.3, -0.25) is 0 Å². The van der Waals surface area contributed by atoms with E-state index >= 15 is 0 Å². The molecule has 0 spiro atoms. The summed E-state index contributed by atoms with van der Waals surface area (Å²) in [6.45, 7) is 12.6. The van der Waals surface area contributed by atoms with Crippen LogP contribution in [0.3, 0.4) is 0 Å². The molecule has 0 radical (unpaired) electrons. The van der Waals surface area contributed by atoms with Crippen molar-refractivity contribution in [2.24, 2.45) is 0 Å². The molecule has 0 aliphatic carbocycles. The number of aryl methyl sites for hydroxylation is 3. The summed E-state index contributed by atoms with van der Waals surface area (Å²) in [5.41, 5.74) is 5.38. The van der Waals surface area contributed by atoms with Crippen molar-refractivity contribution in [3.63, 3.8) is 0 Å². The van der Waals surface area contributed by atoms with Gasteiger partial charge in [-0.25, -0.2) is 0 Å². The molecule has 0 aliphatic heterocycles. The molecule has 102 valence electrons. The molecule has 3 atom stereocenters. The maximum atomic E-state index is 9.40. The molecular formula is C16H27NO. The highest BCUT2D eigenvalue weighted by Gasteiger charge is 2.13. The van der Waals surface area contributed by atoms with E-state index in [1.807, 2.05) is 6.92 Å². The second-order valence-corrected chi connectivity index (χ2v) is 5.67. The molecule has 0 bridgehead atoms. The van der Waals surface area contributed by atoms with Crippen LogP contribution in [0.2, 0.25) is 0 Å². The lowest BCUT2D eigenvalue weighted by Gasteiger charge is -2.23. The first-order valence-electron chi connectivity index (χ1n) is 6.83. The molecule has 0 aliphatic rings. The van der Waals surface area contributed by atoms with Crippen molar-refractivity contribution in [1.29, 1.82) is 0 Å². The second-order valence-electron chi connectivity index (χ2n) is 5.67. The molecule has 0 fully saturated rings. The van der Waals surface area contributed by atoms with Crippen molar-refractivity contribution < 1.29 is 5.11 Å². The van der Waals surface area contributed by atoms with Gasteiger partial charge in [0.05, 0.1) is 6.10 Å². The van der Waals surface area contributed by atoms with Crippen molar-refractivity contribution in [3.05, 3.63) is 34.4 Å². The summed E-state index contributed by atoms with van der Waals surface area (Å²) >= 11 is 0. The maximum absolute atomic E-state index is 9.40. The Morgan fingerprint density at radius 3 is 2.11 bits per heavy atom. The number of rotatable bonds is 5. The third kappa shape index (κ3) is 4.11. The first-order chi connectivity index (χ1) is 8.31. The molecule has 2 heteroatoms.